The number of hydrogen-bond acceptors (Lipinski definition) is 2. The van der Waals surface area contributed by atoms with Crippen molar-refractivity contribution < 1.29 is 9.59 Å². The number of piperidine rings is 1. The normalized spacial score (nSPS) is 21.2. The molecular formula is C15H28N2O2. The van der Waals surface area contributed by atoms with Crippen LogP contribution in [0.4, 0.5) is 0 Å². The Morgan fingerprint density at radius 2 is 2.00 bits per heavy atom. The first-order valence-electron chi connectivity index (χ1n) is 7.68. The Morgan fingerprint density at radius 1 is 1.26 bits per heavy atom. The number of primary amides is 1. The molecule has 0 aromatic heterocycles. The minimum atomic E-state index is -0.266. The summed E-state index contributed by atoms with van der Waals surface area (Å²) in [5.74, 6) is -0.0397. The maximum absolute atomic E-state index is 12.5. The summed E-state index contributed by atoms with van der Waals surface area (Å²) in [5, 5.41) is 0. The monoisotopic (exact) mass is 268 g/mol. The van der Waals surface area contributed by atoms with Gasteiger partial charge in [-0.15, -0.1) is 0 Å². The van der Waals surface area contributed by atoms with E-state index in [-0.39, 0.29) is 23.7 Å². The largest absolute Gasteiger partial charge is 0.369 e. The van der Waals surface area contributed by atoms with Crippen molar-refractivity contribution >= 4 is 11.8 Å². The van der Waals surface area contributed by atoms with Crippen LogP contribution in [-0.2, 0) is 9.59 Å². The van der Waals surface area contributed by atoms with E-state index in [4.69, 9.17) is 5.73 Å². The van der Waals surface area contributed by atoms with E-state index in [0.717, 1.165) is 51.5 Å². The third-order valence-corrected chi connectivity index (χ3v) is 4.03. The lowest BCUT2D eigenvalue weighted by Crippen LogP contribution is -2.46. The molecule has 0 aromatic carbocycles. The molecule has 1 aliphatic rings. The van der Waals surface area contributed by atoms with Crippen molar-refractivity contribution in [1.82, 2.24) is 4.90 Å². The maximum atomic E-state index is 12.5. The second-order valence-corrected chi connectivity index (χ2v) is 5.65. The molecule has 0 aliphatic carbocycles. The predicted molar refractivity (Wildman–Crippen MR) is 76.4 cm³/mol. The van der Waals surface area contributed by atoms with Crippen LogP contribution in [0, 0.1) is 11.8 Å². The summed E-state index contributed by atoms with van der Waals surface area (Å²) < 4.78 is 0. The Morgan fingerprint density at radius 3 is 2.58 bits per heavy atom. The smallest absolute Gasteiger partial charge is 0.225 e. The molecular weight excluding hydrogens is 240 g/mol. The van der Waals surface area contributed by atoms with E-state index in [1.165, 1.54) is 0 Å². The molecule has 2 atom stereocenters. The number of likely N-dealkylation sites (tertiary alicyclic amines) is 1. The zero-order chi connectivity index (χ0) is 14.3. The molecule has 19 heavy (non-hydrogen) atoms. The van der Waals surface area contributed by atoms with E-state index < -0.39 is 0 Å². The summed E-state index contributed by atoms with van der Waals surface area (Å²) >= 11 is 0. The molecule has 2 amide bonds. The topological polar surface area (TPSA) is 63.4 Å². The molecule has 4 heteroatoms. The maximum Gasteiger partial charge on any atom is 0.225 e. The average Bonchev–Trinajstić information content (AvgIpc) is 2.42. The Labute approximate surface area is 116 Å². The number of carbonyl (C=O) groups excluding carboxylic acids is 2. The molecule has 1 rings (SSSR count). The first-order valence-corrected chi connectivity index (χ1v) is 7.68. The third kappa shape index (κ3) is 4.84. The molecule has 2 N–H and O–H groups in total. The fourth-order valence-corrected chi connectivity index (χ4v) is 2.86. The zero-order valence-corrected chi connectivity index (χ0v) is 12.4. The van der Waals surface area contributed by atoms with E-state index in [0.29, 0.717) is 6.54 Å². The Hall–Kier alpha value is -1.06. The van der Waals surface area contributed by atoms with E-state index in [2.05, 4.69) is 13.8 Å². The van der Waals surface area contributed by atoms with Gasteiger partial charge in [-0.1, -0.05) is 33.1 Å². The van der Waals surface area contributed by atoms with Crippen LogP contribution in [-0.4, -0.2) is 29.8 Å². The minimum Gasteiger partial charge on any atom is -0.369 e. The highest BCUT2D eigenvalue weighted by Crippen LogP contribution is 2.22. The second kappa shape index (κ2) is 8.18. The van der Waals surface area contributed by atoms with E-state index >= 15 is 0 Å². The standard InChI is InChI=1S/C15H28N2O2/c1-3-5-8-12(7-4-2)15(19)17-10-6-9-13(11-17)14(16)18/h12-13H,3-11H2,1-2H3,(H2,16,18). The minimum absolute atomic E-state index is 0.136. The first kappa shape index (κ1) is 16.0. The lowest BCUT2D eigenvalue weighted by molar-refractivity contribution is -0.139. The van der Waals surface area contributed by atoms with Crippen LogP contribution in [0.3, 0.4) is 0 Å². The lowest BCUT2D eigenvalue weighted by Gasteiger charge is -2.33. The molecule has 1 saturated heterocycles. The van der Waals surface area contributed by atoms with Crippen molar-refractivity contribution in [3.05, 3.63) is 0 Å². The van der Waals surface area contributed by atoms with Crippen molar-refractivity contribution in [2.24, 2.45) is 17.6 Å². The zero-order valence-electron chi connectivity index (χ0n) is 12.4. The van der Waals surface area contributed by atoms with Crippen molar-refractivity contribution in [1.29, 1.82) is 0 Å². The molecule has 1 heterocycles. The van der Waals surface area contributed by atoms with Gasteiger partial charge in [-0.05, 0) is 25.7 Å². The van der Waals surface area contributed by atoms with Gasteiger partial charge in [0.05, 0.1) is 5.92 Å². The molecule has 0 saturated carbocycles. The van der Waals surface area contributed by atoms with Crippen LogP contribution in [0.1, 0.15) is 58.8 Å². The SMILES string of the molecule is CCCCC(CCC)C(=O)N1CCCC(C(N)=O)C1. The number of nitrogens with zero attached hydrogens (tertiary/aromatic N) is 1. The quantitative estimate of drug-likeness (QED) is 0.770. The van der Waals surface area contributed by atoms with Gasteiger partial charge in [0, 0.05) is 19.0 Å². The van der Waals surface area contributed by atoms with Crippen molar-refractivity contribution in [2.45, 2.75) is 58.8 Å². The van der Waals surface area contributed by atoms with Crippen molar-refractivity contribution in [2.75, 3.05) is 13.1 Å². The summed E-state index contributed by atoms with van der Waals surface area (Å²) in [7, 11) is 0. The molecule has 110 valence electrons. The fraction of sp³-hybridized carbons (Fsp3) is 0.867. The number of amides is 2. The van der Waals surface area contributed by atoms with Gasteiger partial charge in [0.15, 0.2) is 0 Å². The molecule has 0 aromatic rings. The number of hydrogen-bond donors (Lipinski definition) is 1. The van der Waals surface area contributed by atoms with Crippen LogP contribution in [0.15, 0.2) is 0 Å². The molecule has 0 bridgehead atoms. The molecule has 1 fully saturated rings. The van der Waals surface area contributed by atoms with Gasteiger partial charge < -0.3 is 10.6 Å². The van der Waals surface area contributed by atoms with Crippen LogP contribution in [0.25, 0.3) is 0 Å². The van der Waals surface area contributed by atoms with E-state index in [1.54, 1.807) is 0 Å². The van der Waals surface area contributed by atoms with Crippen molar-refractivity contribution in [3.63, 3.8) is 0 Å². The van der Waals surface area contributed by atoms with Gasteiger partial charge in [0.2, 0.25) is 11.8 Å². The summed E-state index contributed by atoms with van der Waals surface area (Å²) in [4.78, 5) is 25.7. The van der Waals surface area contributed by atoms with Crippen LogP contribution in [0.5, 0.6) is 0 Å². The Kier molecular flexibility index (Phi) is 6.89. The van der Waals surface area contributed by atoms with Gasteiger partial charge in [-0.2, -0.15) is 0 Å². The summed E-state index contributed by atoms with van der Waals surface area (Å²) in [6, 6.07) is 0. The molecule has 4 nitrogen and oxygen atoms in total. The summed E-state index contributed by atoms with van der Waals surface area (Å²) in [6.07, 6.45) is 6.91. The van der Waals surface area contributed by atoms with E-state index in [1.807, 2.05) is 4.90 Å². The summed E-state index contributed by atoms with van der Waals surface area (Å²) in [6.45, 7) is 5.58. The van der Waals surface area contributed by atoms with Crippen molar-refractivity contribution in [3.8, 4) is 0 Å². The molecule has 1 aliphatic heterocycles. The van der Waals surface area contributed by atoms with Gasteiger partial charge in [-0.3, -0.25) is 9.59 Å². The van der Waals surface area contributed by atoms with E-state index in [9.17, 15) is 9.59 Å². The van der Waals surface area contributed by atoms with Crippen LogP contribution >= 0.6 is 0 Å². The molecule has 2 unspecified atom stereocenters. The molecule has 0 spiro atoms. The van der Waals surface area contributed by atoms with Gasteiger partial charge in [0.25, 0.3) is 0 Å². The first-order chi connectivity index (χ1) is 9.10. The fourth-order valence-electron chi connectivity index (χ4n) is 2.86. The average molecular weight is 268 g/mol. The highest BCUT2D eigenvalue weighted by Gasteiger charge is 2.30. The number of unbranched alkanes of at least 4 members (excludes halogenated alkanes) is 1. The van der Waals surface area contributed by atoms with Gasteiger partial charge in [-0.25, -0.2) is 0 Å². The highest BCUT2D eigenvalue weighted by atomic mass is 16.2. The number of nitrogens with two attached hydrogens (primary N) is 1. The predicted octanol–water partition coefficient (Wildman–Crippen LogP) is 2.32. The number of carbonyl (C=O) groups is 2. The third-order valence-electron chi connectivity index (χ3n) is 4.03. The highest BCUT2D eigenvalue weighted by molar-refractivity contribution is 5.81. The molecule has 0 radical (unpaired) electrons. The van der Waals surface area contributed by atoms with Crippen LogP contribution in [0.2, 0.25) is 0 Å². The number of rotatable bonds is 7. The second-order valence-electron chi connectivity index (χ2n) is 5.65. The Balaban J connectivity index is 2.59. The lowest BCUT2D eigenvalue weighted by atomic mass is 9.92. The Bertz CT molecular complexity index is 305. The summed E-state index contributed by atoms with van der Waals surface area (Å²) in [5.41, 5.74) is 5.37. The van der Waals surface area contributed by atoms with Gasteiger partial charge in [0.1, 0.15) is 0 Å². The van der Waals surface area contributed by atoms with Gasteiger partial charge >= 0.3 is 0 Å². The van der Waals surface area contributed by atoms with Crippen LogP contribution < -0.4 is 5.73 Å².